The molecule has 0 fully saturated rings. The molecule has 56 valence electrons. The molecule has 0 unspecified atom stereocenters. The summed E-state index contributed by atoms with van der Waals surface area (Å²) in [7, 11) is 0. The van der Waals surface area contributed by atoms with Gasteiger partial charge in [-0.1, -0.05) is 30.3 Å². The standard InChI is InChI=1S/C7H5F3.Li.H/c8-7(9,10)6-4-2-1-3-5-6;;/h1-5H;;/q;+1;-1. The molecule has 0 aliphatic rings. The predicted octanol–water partition coefficient (Wildman–Crippen LogP) is -0.178. The predicted molar refractivity (Wildman–Crippen MR) is 32.6 cm³/mol. The zero-order chi connectivity index (χ0) is 7.61. The van der Waals surface area contributed by atoms with Crippen molar-refractivity contribution >= 4 is 0 Å². The molecule has 0 atom stereocenters. The zero-order valence-corrected chi connectivity index (χ0v) is 6.02. The van der Waals surface area contributed by atoms with E-state index in [2.05, 4.69) is 0 Å². The molecule has 11 heavy (non-hydrogen) atoms. The summed E-state index contributed by atoms with van der Waals surface area (Å²) in [6.07, 6.45) is -4.21. The molecule has 1 rings (SSSR count). The summed E-state index contributed by atoms with van der Waals surface area (Å²) in [6.45, 7) is 0. The molecule has 0 aliphatic carbocycles. The number of hydrogen-bond donors (Lipinski definition) is 0. The zero-order valence-electron chi connectivity index (χ0n) is 7.02. The fourth-order valence-corrected chi connectivity index (χ4v) is 0.627. The van der Waals surface area contributed by atoms with Crippen LogP contribution in [0.25, 0.3) is 0 Å². The molecule has 0 heterocycles. The van der Waals surface area contributed by atoms with Crippen molar-refractivity contribution < 1.29 is 33.5 Å². The Morgan fingerprint density at radius 2 is 1.45 bits per heavy atom. The summed E-state index contributed by atoms with van der Waals surface area (Å²) in [5, 5.41) is 0. The molecule has 0 saturated carbocycles. The van der Waals surface area contributed by atoms with Gasteiger partial charge in [-0.05, 0) is 0 Å². The molecule has 1 aromatic carbocycles. The van der Waals surface area contributed by atoms with Crippen molar-refractivity contribution in [2.75, 3.05) is 0 Å². The third-order valence-electron chi connectivity index (χ3n) is 1.10. The smallest absolute Gasteiger partial charge is 1.00 e. The molecule has 0 nitrogen and oxygen atoms in total. The van der Waals surface area contributed by atoms with E-state index in [1.807, 2.05) is 0 Å². The van der Waals surface area contributed by atoms with Crippen molar-refractivity contribution in [1.82, 2.24) is 0 Å². The van der Waals surface area contributed by atoms with E-state index in [1.165, 1.54) is 12.1 Å². The van der Waals surface area contributed by atoms with Crippen LogP contribution in [-0.2, 0) is 6.18 Å². The Balaban J connectivity index is 0. The number of alkyl halides is 3. The first kappa shape index (κ1) is 10.6. The summed E-state index contributed by atoms with van der Waals surface area (Å²) >= 11 is 0. The normalized spacial score (nSPS) is 10.5. The van der Waals surface area contributed by atoms with Crippen LogP contribution in [0, 0.1) is 0 Å². The Bertz CT molecular complexity index is 210. The summed E-state index contributed by atoms with van der Waals surface area (Å²) in [6, 6.07) is 6.36. The van der Waals surface area contributed by atoms with E-state index in [4.69, 9.17) is 0 Å². The summed E-state index contributed by atoms with van der Waals surface area (Å²) in [4.78, 5) is 0. The van der Waals surface area contributed by atoms with Gasteiger partial charge in [0.05, 0.1) is 5.56 Å². The number of hydrogen-bond acceptors (Lipinski definition) is 0. The minimum Gasteiger partial charge on any atom is -1.00 e. The number of rotatable bonds is 0. The van der Waals surface area contributed by atoms with Gasteiger partial charge >= 0.3 is 25.0 Å². The summed E-state index contributed by atoms with van der Waals surface area (Å²) < 4.78 is 35.4. The fourth-order valence-electron chi connectivity index (χ4n) is 0.627. The minimum absolute atomic E-state index is 0. The molecule has 0 radical (unpaired) electrons. The third-order valence-corrected chi connectivity index (χ3v) is 1.10. The van der Waals surface area contributed by atoms with Crippen LogP contribution in [0.15, 0.2) is 30.3 Å². The Morgan fingerprint density at radius 1 is 1.00 bits per heavy atom. The Morgan fingerprint density at radius 3 is 1.73 bits per heavy atom. The van der Waals surface area contributed by atoms with Crippen LogP contribution >= 0.6 is 0 Å². The molecule has 0 amide bonds. The monoisotopic (exact) mass is 154 g/mol. The van der Waals surface area contributed by atoms with Crippen LogP contribution in [0.2, 0.25) is 0 Å². The maximum Gasteiger partial charge on any atom is 1.00 e. The quantitative estimate of drug-likeness (QED) is 0.455. The second-order valence-corrected chi connectivity index (χ2v) is 1.86. The van der Waals surface area contributed by atoms with E-state index >= 15 is 0 Å². The van der Waals surface area contributed by atoms with Gasteiger partial charge in [0, 0.05) is 0 Å². The summed E-state index contributed by atoms with van der Waals surface area (Å²) in [5.41, 5.74) is -0.602. The second-order valence-electron chi connectivity index (χ2n) is 1.86. The molecule has 0 aliphatic heterocycles. The average molecular weight is 154 g/mol. The SMILES string of the molecule is FC(F)(F)c1ccccc1.[H-].[Li+]. The van der Waals surface area contributed by atoms with Crippen molar-refractivity contribution in [3.63, 3.8) is 0 Å². The van der Waals surface area contributed by atoms with Crippen molar-refractivity contribution in [3.05, 3.63) is 35.9 Å². The number of halogens is 3. The van der Waals surface area contributed by atoms with Crippen LogP contribution in [0.4, 0.5) is 13.2 Å². The molecule has 1 aromatic rings. The first-order valence-electron chi connectivity index (χ1n) is 2.73. The van der Waals surface area contributed by atoms with Crippen LogP contribution < -0.4 is 18.9 Å². The van der Waals surface area contributed by atoms with E-state index in [1.54, 1.807) is 6.07 Å². The minimum atomic E-state index is -4.21. The van der Waals surface area contributed by atoms with Gasteiger partial charge in [-0.3, -0.25) is 0 Å². The Kier molecular flexibility index (Phi) is 3.71. The van der Waals surface area contributed by atoms with Crippen molar-refractivity contribution in [2.45, 2.75) is 6.18 Å². The maximum atomic E-state index is 11.8. The molecular formula is C7H6F3Li. The van der Waals surface area contributed by atoms with Crippen LogP contribution in [-0.4, -0.2) is 0 Å². The largest absolute Gasteiger partial charge is 1.00 e. The molecule has 4 heteroatoms. The first-order valence-corrected chi connectivity index (χ1v) is 2.73. The van der Waals surface area contributed by atoms with Gasteiger partial charge in [-0.25, -0.2) is 0 Å². The van der Waals surface area contributed by atoms with Gasteiger partial charge in [0.15, 0.2) is 0 Å². The topological polar surface area (TPSA) is 0 Å². The van der Waals surface area contributed by atoms with E-state index in [0.29, 0.717) is 0 Å². The second kappa shape index (κ2) is 3.84. The average Bonchev–Trinajstić information content (AvgIpc) is 1.88. The van der Waals surface area contributed by atoms with E-state index in [-0.39, 0.29) is 20.3 Å². The molecule has 0 saturated heterocycles. The molecule has 0 bridgehead atoms. The first-order chi connectivity index (χ1) is 4.61. The van der Waals surface area contributed by atoms with E-state index < -0.39 is 11.7 Å². The van der Waals surface area contributed by atoms with Crippen LogP contribution in [0.5, 0.6) is 0 Å². The van der Waals surface area contributed by atoms with E-state index in [9.17, 15) is 13.2 Å². The fraction of sp³-hybridized carbons (Fsp3) is 0.143. The maximum absolute atomic E-state index is 11.8. The van der Waals surface area contributed by atoms with Gasteiger partial charge in [-0.15, -0.1) is 0 Å². The Hall–Kier alpha value is -0.393. The number of benzene rings is 1. The van der Waals surface area contributed by atoms with Gasteiger partial charge in [0.1, 0.15) is 0 Å². The van der Waals surface area contributed by atoms with Crippen molar-refractivity contribution in [1.29, 1.82) is 0 Å². The molecule has 0 spiro atoms. The van der Waals surface area contributed by atoms with Gasteiger partial charge < -0.3 is 1.43 Å². The van der Waals surface area contributed by atoms with Crippen molar-refractivity contribution in [2.24, 2.45) is 0 Å². The summed E-state index contributed by atoms with van der Waals surface area (Å²) in [5.74, 6) is 0. The van der Waals surface area contributed by atoms with Gasteiger partial charge in [-0.2, -0.15) is 13.2 Å². The molecular weight excluding hydrogens is 148 g/mol. The van der Waals surface area contributed by atoms with Crippen LogP contribution in [0.3, 0.4) is 0 Å². The van der Waals surface area contributed by atoms with Gasteiger partial charge in [0.25, 0.3) is 0 Å². The Labute approximate surface area is 76.1 Å². The van der Waals surface area contributed by atoms with E-state index in [0.717, 1.165) is 12.1 Å². The molecule has 0 N–H and O–H groups in total. The molecule has 0 aromatic heterocycles. The van der Waals surface area contributed by atoms with Gasteiger partial charge in [0.2, 0.25) is 0 Å². The van der Waals surface area contributed by atoms with Crippen molar-refractivity contribution in [3.8, 4) is 0 Å². The third kappa shape index (κ3) is 3.00. The van der Waals surface area contributed by atoms with Crippen LogP contribution in [0.1, 0.15) is 6.99 Å².